The van der Waals surface area contributed by atoms with Gasteiger partial charge in [-0.3, -0.25) is 4.79 Å². The summed E-state index contributed by atoms with van der Waals surface area (Å²) in [5, 5.41) is 2.92. The van der Waals surface area contributed by atoms with E-state index < -0.39 is 5.41 Å². The molecule has 0 unspecified atom stereocenters. The molecule has 1 amide bonds. The molecule has 4 rings (SSSR count). The molecule has 1 heterocycles. The van der Waals surface area contributed by atoms with Gasteiger partial charge in [-0.05, 0) is 42.7 Å². The van der Waals surface area contributed by atoms with Gasteiger partial charge in [-0.1, -0.05) is 30.3 Å². The standard InChI is InChI=1S/C20H17FN2O2/c21-16-8-6-15(7-9-16)20(10-11-20)19(24)22-12-17-13-25-18(23-17)14-4-2-1-3-5-14/h1-9,13H,10-12H2,(H,22,24). The van der Waals surface area contributed by atoms with Gasteiger partial charge in [-0.25, -0.2) is 9.37 Å². The lowest BCUT2D eigenvalue weighted by atomic mass is 9.95. The van der Waals surface area contributed by atoms with Gasteiger partial charge in [-0.2, -0.15) is 0 Å². The van der Waals surface area contributed by atoms with Gasteiger partial charge in [-0.15, -0.1) is 0 Å². The smallest absolute Gasteiger partial charge is 0.230 e. The number of hydrogen-bond acceptors (Lipinski definition) is 3. The Morgan fingerprint density at radius 1 is 1.12 bits per heavy atom. The number of nitrogens with one attached hydrogen (secondary N) is 1. The summed E-state index contributed by atoms with van der Waals surface area (Å²) in [6.07, 6.45) is 3.11. The first-order valence-corrected chi connectivity index (χ1v) is 8.22. The average molecular weight is 336 g/mol. The number of hydrogen-bond donors (Lipinski definition) is 1. The van der Waals surface area contributed by atoms with E-state index in [1.165, 1.54) is 12.1 Å². The van der Waals surface area contributed by atoms with Crippen molar-refractivity contribution in [3.05, 3.63) is 77.9 Å². The molecule has 0 radical (unpaired) electrons. The average Bonchev–Trinajstić information content (AvgIpc) is 3.32. The third-order valence-electron chi connectivity index (χ3n) is 4.58. The molecule has 1 saturated carbocycles. The van der Waals surface area contributed by atoms with Crippen LogP contribution in [-0.4, -0.2) is 10.9 Å². The number of aromatic nitrogens is 1. The van der Waals surface area contributed by atoms with Crippen molar-refractivity contribution in [2.45, 2.75) is 24.8 Å². The molecular weight excluding hydrogens is 319 g/mol. The van der Waals surface area contributed by atoms with Gasteiger partial charge in [0.1, 0.15) is 12.1 Å². The van der Waals surface area contributed by atoms with E-state index in [0.717, 1.165) is 24.0 Å². The van der Waals surface area contributed by atoms with Crippen molar-refractivity contribution in [3.8, 4) is 11.5 Å². The van der Waals surface area contributed by atoms with Gasteiger partial charge >= 0.3 is 0 Å². The van der Waals surface area contributed by atoms with E-state index in [0.29, 0.717) is 18.1 Å². The summed E-state index contributed by atoms with van der Waals surface area (Å²) in [7, 11) is 0. The number of rotatable bonds is 5. The van der Waals surface area contributed by atoms with E-state index in [1.807, 2.05) is 30.3 Å². The Labute approximate surface area is 144 Å². The maximum atomic E-state index is 13.1. The summed E-state index contributed by atoms with van der Waals surface area (Å²) in [5.74, 6) is 0.184. The SMILES string of the molecule is O=C(NCc1coc(-c2ccccc2)n1)C1(c2ccc(F)cc2)CC1. The Balaban J connectivity index is 1.43. The number of benzene rings is 2. The van der Waals surface area contributed by atoms with Crippen molar-refractivity contribution >= 4 is 5.91 Å². The van der Waals surface area contributed by atoms with E-state index in [1.54, 1.807) is 18.4 Å². The second-order valence-corrected chi connectivity index (χ2v) is 6.28. The predicted octanol–water partition coefficient (Wildman–Crippen LogP) is 3.83. The Morgan fingerprint density at radius 3 is 2.52 bits per heavy atom. The van der Waals surface area contributed by atoms with E-state index in [-0.39, 0.29) is 11.7 Å². The quantitative estimate of drug-likeness (QED) is 0.770. The minimum Gasteiger partial charge on any atom is -0.444 e. The lowest BCUT2D eigenvalue weighted by Gasteiger charge is -2.15. The zero-order chi connectivity index (χ0) is 17.3. The summed E-state index contributed by atoms with van der Waals surface area (Å²) >= 11 is 0. The summed E-state index contributed by atoms with van der Waals surface area (Å²) in [6, 6.07) is 15.8. The molecule has 1 aliphatic rings. The fourth-order valence-corrected chi connectivity index (χ4v) is 2.98. The van der Waals surface area contributed by atoms with Crippen LogP contribution < -0.4 is 5.32 Å². The fraction of sp³-hybridized carbons (Fsp3) is 0.200. The largest absolute Gasteiger partial charge is 0.444 e. The molecule has 0 aliphatic heterocycles. The van der Waals surface area contributed by atoms with Gasteiger partial charge in [0.05, 0.1) is 17.7 Å². The fourth-order valence-electron chi connectivity index (χ4n) is 2.98. The Morgan fingerprint density at radius 2 is 1.84 bits per heavy atom. The van der Waals surface area contributed by atoms with Crippen molar-refractivity contribution in [3.63, 3.8) is 0 Å². The van der Waals surface area contributed by atoms with Gasteiger partial charge in [0.15, 0.2) is 0 Å². The summed E-state index contributed by atoms with van der Waals surface area (Å²) < 4.78 is 18.6. The summed E-state index contributed by atoms with van der Waals surface area (Å²) in [4.78, 5) is 17.0. The Bertz CT molecular complexity index is 884. The molecule has 0 bridgehead atoms. The van der Waals surface area contributed by atoms with Crippen molar-refractivity contribution in [2.75, 3.05) is 0 Å². The lowest BCUT2D eigenvalue weighted by molar-refractivity contribution is -0.123. The van der Waals surface area contributed by atoms with Crippen LogP contribution in [0.5, 0.6) is 0 Å². The van der Waals surface area contributed by atoms with Crippen LogP contribution in [-0.2, 0) is 16.8 Å². The number of halogens is 1. The number of carbonyl (C=O) groups excluding carboxylic acids is 1. The van der Waals surface area contributed by atoms with Crippen LogP contribution in [0.3, 0.4) is 0 Å². The molecule has 5 heteroatoms. The minimum atomic E-state index is -0.528. The molecule has 4 nitrogen and oxygen atoms in total. The second-order valence-electron chi connectivity index (χ2n) is 6.28. The molecule has 1 fully saturated rings. The third kappa shape index (κ3) is 3.05. The number of carbonyl (C=O) groups is 1. The van der Waals surface area contributed by atoms with Crippen molar-refractivity contribution in [1.29, 1.82) is 0 Å². The highest BCUT2D eigenvalue weighted by Gasteiger charge is 2.51. The molecule has 25 heavy (non-hydrogen) atoms. The normalized spacial score (nSPS) is 14.9. The monoisotopic (exact) mass is 336 g/mol. The number of oxazole rings is 1. The molecule has 1 N–H and O–H groups in total. The van der Waals surface area contributed by atoms with Crippen LogP contribution in [0.2, 0.25) is 0 Å². The van der Waals surface area contributed by atoms with Gasteiger partial charge in [0.2, 0.25) is 11.8 Å². The van der Waals surface area contributed by atoms with Crippen LogP contribution in [0, 0.1) is 5.82 Å². The maximum Gasteiger partial charge on any atom is 0.230 e. The van der Waals surface area contributed by atoms with Crippen molar-refractivity contribution in [1.82, 2.24) is 10.3 Å². The van der Waals surface area contributed by atoms with Gasteiger partial charge in [0.25, 0.3) is 0 Å². The van der Waals surface area contributed by atoms with Gasteiger partial charge in [0, 0.05) is 5.56 Å². The highest BCUT2D eigenvalue weighted by molar-refractivity contribution is 5.91. The lowest BCUT2D eigenvalue weighted by Crippen LogP contribution is -2.34. The maximum absolute atomic E-state index is 13.1. The Kier molecular flexibility index (Phi) is 3.84. The molecule has 3 aromatic rings. The van der Waals surface area contributed by atoms with Crippen molar-refractivity contribution in [2.24, 2.45) is 0 Å². The number of nitrogens with zero attached hydrogens (tertiary/aromatic N) is 1. The second kappa shape index (κ2) is 6.16. The zero-order valence-electron chi connectivity index (χ0n) is 13.5. The molecular formula is C20H17FN2O2. The Hall–Kier alpha value is -2.95. The first-order valence-electron chi connectivity index (χ1n) is 8.22. The predicted molar refractivity (Wildman–Crippen MR) is 91.1 cm³/mol. The molecule has 0 spiro atoms. The number of amides is 1. The summed E-state index contributed by atoms with van der Waals surface area (Å²) in [6.45, 7) is 0.304. The van der Waals surface area contributed by atoms with Gasteiger partial charge < -0.3 is 9.73 Å². The zero-order valence-corrected chi connectivity index (χ0v) is 13.5. The van der Waals surface area contributed by atoms with E-state index in [9.17, 15) is 9.18 Å². The van der Waals surface area contributed by atoms with Crippen LogP contribution in [0.15, 0.2) is 65.3 Å². The summed E-state index contributed by atoms with van der Waals surface area (Å²) in [5.41, 5.74) is 1.89. The molecule has 126 valence electrons. The van der Waals surface area contributed by atoms with E-state index in [4.69, 9.17) is 4.42 Å². The van der Waals surface area contributed by atoms with Crippen LogP contribution in [0.1, 0.15) is 24.1 Å². The van der Waals surface area contributed by atoms with Crippen molar-refractivity contribution < 1.29 is 13.6 Å². The molecule has 1 aliphatic carbocycles. The third-order valence-corrected chi connectivity index (χ3v) is 4.58. The molecule has 0 saturated heterocycles. The first-order chi connectivity index (χ1) is 12.2. The van der Waals surface area contributed by atoms with Crippen LogP contribution in [0.25, 0.3) is 11.5 Å². The highest BCUT2D eigenvalue weighted by atomic mass is 19.1. The highest BCUT2D eigenvalue weighted by Crippen LogP contribution is 2.48. The van der Waals surface area contributed by atoms with E-state index in [2.05, 4.69) is 10.3 Å². The van der Waals surface area contributed by atoms with Crippen LogP contribution >= 0.6 is 0 Å². The minimum absolute atomic E-state index is 0.0524. The van der Waals surface area contributed by atoms with E-state index >= 15 is 0 Å². The molecule has 0 atom stereocenters. The topological polar surface area (TPSA) is 55.1 Å². The molecule has 2 aromatic carbocycles. The first kappa shape index (κ1) is 15.6. The molecule has 1 aromatic heterocycles. The van der Waals surface area contributed by atoms with Crippen LogP contribution in [0.4, 0.5) is 4.39 Å².